The van der Waals surface area contributed by atoms with Gasteiger partial charge in [-0.3, -0.25) is 9.59 Å². The summed E-state index contributed by atoms with van der Waals surface area (Å²) in [7, 11) is 0. The zero-order valence-corrected chi connectivity index (χ0v) is 19.6. The van der Waals surface area contributed by atoms with Crippen molar-refractivity contribution in [2.75, 3.05) is 6.61 Å². The van der Waals surface area contributed by atoms with Crippen LogP contribution >= 0.6 is 0 Å². The van der Waals surface area contributed by atoms with Gasteiger partial charge >= 0.3 is 5.97 Å². The molecule has 0 aliphatic heterocycles. The maximum Gasteiger partial charge on any atom is 0.310 e. The molecule has 2 atom stereocenters. The van der Waals surface area contributed by atoms with Gasteiger partial charge in [-0.05, 0) is 61.4 Å². The zero-order chi connectivity index (χ0) is 23.5. The third kappa shape index (κ3) is 5.29. The van der Waals surface area contributed by atoms with Crippen LogP contribution in [0, 0.1) is 17.3 Å². The van der Waals surface area contributed by atoms with E-state index in [4.69, 9.17) is 14.2 Å². The van der Waals surface area contributed by atoms with Crippen molar-refractivity contribution in [3.63, 3.8) is 0 Å². The molecule has 2 aromatic rings. The monoisotopic (exact) mass is 448 g/mol. The number of hydrogen-bond acceptors (Lipinski definition) is 5. The van der Waals surface area contributed by atoms with E-state index >= 15 is 0 Å². The molecule has 4 rings (SSSR count). The van der Waals surface area contributed by atoms with E-state index in [9.17, 15) is 9.59 Å². The summed E-state index contributed by atoms with van der Waals surface area (Å²) in [6.07, 6.45) is 5.89. The minimum Gasteiger partial charge on any atom is -0.491 e. The van der Waals surface area contributed by atoms with Gasteiger partial charge in [0, 0.05) is 18.4 Å². The predicted molar refractivity (Wildman–Crippen MR) is 126 cm³/mol. The quantitative estimate of drug-likeness (QED) is 0.197. The van der Waals surface area contributed by atoms with Crippen LogP contribution in [-0.4, -0.2) is 24.5 Å². The topological polar surface area (TPSA) is 61.8 Å². The standard InChI is InChI=1S/C28H32O5/c1-27(2)24(23(13-17-29)33-28(3)15-8-16-28)25(27)26(30)31-18-14-20-9-7-12-22(19-20)32-21-10-5-4-6-11-21/h4-7,9-13,17,19,24-25H,8,14-16,18H2,1-3H3/t24-,25-/m0/s1. The average molecular weight is 449 g/mol. The van der Waals surface area contributed by atoms with Crippen molar-refractivity contribution >= 4 is 12.3 Å². The molecule has 0 N–H and O–H groups in total. The predicted octanol–water partition coefficient (Wildman–Crippen LogP) is 5.88. The van der Waals surface area contributed by atoms with E-state index in [1.54, 1.807) is 0 Å². The van der Waals surface area contributed by atoms with Crippen molar-refractivity contribution in [1.29, 1.82) is 0 Å². The molecule has 0 unspecified atom stereocenters. The highest BCUT2D eigenvalue weighted by Gasteiger charge is 2.65. The van der Waals surface area contributed by atoms with Crippen molar-refractivity contribution in [3.05, 3.63) is 72.0 Å². The lowest BCUT2D eigenvalue weighted by Gasteiger charge is -2.39. The minimum atomic E-state index is -0.305. The molecule has 174 valence electrons. The highest BCUT2D eigenvalue weighted by atomic mass is 16.5. The fourth-order valence-electron chi connectivity index (χ4n) is 4.69. The van der Waals surface area contributed by atoms with Crippen LogP contribution in [0.25, 0.3) is 0 Å². The van der Waals surface area contributed by atoms with Crippen LogP contribution in [0.5, 0.6) is 11.5 Å². The number of para-hydroxylation sites is 1. The van der Waals surface area contributed by atoms with E-state index in [0.29, 0.717) is 12.2 Å². The molecular weight excluding hydrogens is 416 g/mol. The summed E-state index contributed by atoms with van der Waals surface area (Å²) in [5, 5.41) is 0. The van der Waals surface area contributed by atoms with Gasteiger partial charge in [0.25, 0.3) is 0 Å². The Kier molecular flexibility index (Phi) is 6.59. The second-order valence-corrected chi connectivity index (χ2v) is 9.87. The molecule has 2 saturated carbocycles. The number of allylic oxidation sites excluding steroid dienone is 2. The van der Waals surface area contributed by atoms with Crippen LogP contribution in [0.2, 0.25) is 0 Å². The van der Waals surface area contributed by atoms with Crippen molar-refractivity contribution < 1.29 is 23.8 Å². The molecule has 0 heterocycles. The zero-order valence-electron chi connectivity index (χ0n) is 19.6. The third-order valence-electron chi connectivity index (χ3n) is 6.91. The average Bonchev–Trinajstić information content (AvgIpc) is 3.35. The van der Waals surface area contributed by atoms with E-state index in [1.807, 2.05) is 68.4 Å². The van der Waals surface area contributed by atoms with Gasteiger partial charge in [0.15, 0.2) is 0 Å². The van der Waals surface area contributed by atoms with Crippen molar-refractivity contribution in [2.24, 2.45) is 17.3 Å². The maximum atomic E-state index is 12.9. The molecular formula is C28H32O5. The molecule has 2 fully saturated rings. The molecule has 0 aromatic heterocycles. The van der Waals surface area contributed by atoms with Crippen molar-refractivity contribution in [3.8, 4) is 11.5 Å². The van der Waals surface area contributed by atoms with Gasteiger partial charge in [0.1, 0.15) is 29.1 Å². The fourth-order valence-corrected chi connectivity index (χ4v) is 4.69. The second-order valence-electron chi connectivity index (χ2n) is 9.87. The fraction of sp³-hybridized carbons (Fsp3) is 0.429. The van der Waals surface area contributed by atoms with Gasteiger partial charge in [0.2, 0.25) is 0 Å². The van der Waals surface area contributed by atoms with E-state index in [-0.39, 0.29) is 35.4 Å². The first kappa shape index (κ1) is 23.1. The van der Waals surface area contributed by atoms with Crippen LogP contribution in [0.3, 0.4) is 0 Å². The van der Waals surface area contributed by atoms with Crippen LogP contribution in [0.1, 0.15) is 45.6 Å². The number of hydrogen-bond donors (Lipinski definition) is 0. The first-order valence-corrected chi connectivity index (χ1v) is 11.7. The molecule has 5 heteroatoms. The lowest BCUT2D eigenvalue weighted by molar-refractivity contribution is -0.146. The number of benzene rings is 2. The number of carbonyl (C=O) groups is 2. The Bertz CT molecular complexity index is 1020. The Morgan fingerprint density at radius 1 is 1.00 bits per heavy atom. The molecule has 2 aromatic carbocycles. The molecule has 33 heavy (non-hydrogen) atoms. The molecule has 0 spiro atoms. The number of rotatable bonds is 10. The summed E-state index contributed by atoms with van der Waals surface area (Å²) in [6, 6.07) is 17.4. The minimum absolute atomic E-state index is 0.129. The highest BCUT2D eigenvalue weighted by molar-refractivity contribution is 5.79. The van der Waals surface area contributed by atoms with Gasteiger partial charge in [-0.2, -0.15) is 0 Å². The number of ether oxygens (including phenoxy) is 3. The maximum absolute atomic E-state index is 12.9. The third-order valence-corrected chi connectivity index (χ3v) is 6.91. The Labute approximate surface area is 195 Å². The van der Waals surface area contributed by atoms with Gasteiger partial charge in [-0.1, -0.05) is 44.2 Å². The summed E-state index contributed by atoms with van der Waals surface area (Å²) in [5.41, 5.74) is 0.509. The molecule has 0 amide bonds. The van der Waals surface area contributed by atoms with Gasteiger partial charge < -0.3 is 14.2 Å². The summed E-state index contributed by atoms with van der Waals surface area (Å²) in [6.45, 7) is 6.41. The van der Waals surface area contributed by atoms with Gasteiger partial charge in [-0.25, -0.2) is 0 Å². The van der Waals surface area contributed by atoms with E-state index in [2.05, 4.69) is 6.92 Å². The van der Waals surface area contributed by atoms with Crippen molar-refractivity contribution in [1.82, 2.24) is 0 Å². The summed E-state index contributed by atoms with van der Waals surface area (Å²) in [5.74, 6) is 1.47. The lowest BCUT2D eigenvalue weighted by atomic mass is 9.82. The molecule has 0 saturated heterocycles. The SMILES string of the molecule is CC1(OC(=CC=O)[C@H]2[C@@H](C(=O)OCCc3cccc(Oc4ccccc4)c3)C2(C)C)CCC1. The normalized spacial score (nSPS) is 22.6. The summed E-state index contributed by atoms with van der Waals surface area (Å²) < 4.78 is 17.7. The molecule has 2 aliphatic rings. The Morgan fingerprint density at radius 3 is 2.39 bits per heavy atom. The Balaban J connectivity index is 1.32. The van der Waals surface area contributed by atoms with Crippen molar-refractivity contribution in [2.45, 2.75) is 52.1 Å². The molecule has 5 nitrogen and oxygen atoms in total. The van der Waals surface area contributed by atoms with E-state index < -0.39 is 0 Å². The smallest absolute Gasteiger partial charge is 0.310 e. The van der Waals surface area contributed by atoms with Gasteiger partial charge in [-0.15, -0.1) is 0 Å². The first-order chi connectivity index (χ1) is 15.8. The Morgan fingerprint density at radius 2 is 1.73 bits per heavy atom. The first-order valence-electron chi connectivity index (χ1n) is 11.7. The van der Waals surface area contributed by atoms with Crippen LogP contribution in [0.15, 0.2) is 66.4 Å². The molecule has 0 bridgehead atoms. The van der Waals surface area contributed by atoms with Crippen LogP contribution in [-0.2, 0) is 25.5 Å². The summed E-state index contributed by atoms with van der Waals surface area (Å²) in [4.78, 5) is 24.1. The lowest BCUT2D eigenvalue weighted by Crippen LogP contribution is -2.36. The highest BCUT2D eigenvalue weighted by Crippen LogP contribution is 2.63. The molecule has 0 radical (unpaired) electrons. The number of esters is 1. The number of aldehydes is 1. The van der Waals surface area contributed by atoms with Crippen LogP contribution < -0.4 is 4.74 Å². The second kappa shape index (κ2) is 9.42. The molecule has 2 aliphatic carbocycles. The Hall–Kier alpha value is -3.08. The van der Waals surface area contributed by atoms with E-state index in [1.165, 1.54) is 6.08 Å². The van der Waals surface area contributed by atoms with E-state index in [0.717, 1.165) is 42.6 Å². The van der Waals surface area contributed by atoms with Crippen LogP contribution in [0.4, 0.5) is 0 Å². The largest absolute Gasteiger partial charge is 0.491 e. The number of carbonyl (C=O) groups excluding carboxylic acids is 2. The van der Waals surface area contributed by atoms with Gasteiger partial charge in [0.05, 0.1) is 12.5 Å². The summed E-state index contributed by atoms with van der Waals surface area (Å²) >= 11 is 0.